The van der Waals surface area contributed by atoms with Crippen LogP contribution >= 0.6 is 0 Å². The van der Waals surface area contributed by atoms with E-state index in [1.165, 1.54) is 12.1 Å². The number of ether oxygens (including phenoxy) is 3. The van der Waals surface area contributed by atoms with Crippen LogP contribution in [0.3, 0.4) is 0 Å². The van der Waals surface area contributed by atoms with Crippen LogP contribution in [-0.4, -0.2) is 38.6 Å². The van der Waals surface area contributed by atoms with Crippen molar-refractivity contribution in [1.29, 1.82) is 0 Å². The Morgan fingerprint density at radius 2 is 1.79 bits per heavy atom. The molecule has 0 bridgehead atoms. The molecular weight excluding hydrogens is 320 g/mol. The fourth-order valence-electron chi connectivity index (χ4n) is 1.48. The lowest BCUT2D eigenvalue weighted by Crippen LogP contribution is -2.15. The van der Waals surface area contributed by atoms with Crippen molar-refractivity contribution in [3.63, 3.8) is 0 Å². The lowest BCUT2D eigenvalue weighted by molar-refractivity contribution is -0.452. The standard InChI is InChI=1S/C16H22O8/c1-4-10-20-14-7-5-13(6-8-14)15(17)22-24-23-16(18)21-11-9-12(2)19-3/h5-8,12H,4,9-11H2,1-3H3. The van der Waals surface area contributed by atoms with Crippen molar-refractivity contribution >= 4 is 12.1 Å². The van der Waals surface area contributed by atoms with Gasteiger partial charge in [0.15, 0.2) is 0 Å². The van der Waals surface area contributed by atoms with E-state index in [4.69, 9.17) is 9.47 Å². The molecular formula is C16H22O8. The van der Waals surface area contributed by atoms with Crippen LogP contribution in [-0.2, 0) is 24.3 Å². The van der Waals surface area contributed by atoms with Gasteiger partial charge in [0.1, 0.15) is 5.75 Å². The van der Waals surface area contributed by atoms with Crippen molar-refractivity contribution in [3.05, 3.63) is 29.8 Å². The Kier molecular flexibility index (Phi) is 9.25. The van der Waals surface area contributed by atoms with Crippen molar-refractivity contribution in [2.75, 3.05) is 20.3 Å². The SMILES string of the molecule is CCCOc1ccc(C(=O)OOOC(=O)OCCC(C)OC)cc1. The number of methoxy groups -OCH3 is 1. The van der Waals surface area contributed by atoms with Gasteiger partial charge in [-0.15, -0.1) is 0 Å². The van der Waals surface area contributed by atoms with Gasteiger partial charge >= 0.3 is 12.1 Å². The molecule has 8 nitrogen and oxygen atoms in total. The third-order valence-electron chi connectivity index (χ3n) is 2.92. The fraction of sp³-hybridized carbons (Fsp3) is 0.500. The summed E-state index contributed by atoms with van der Waals surface area (Å²) < 4.78 is 15.0. The summed E-state index contributed by atoms with van der Waals surface area (Å²) in [5, 5.41) is 4.10. The van der Waals surface area contributed by atoms with Gasteiger partial charge < -0.3 is 14.2 Å². The van der Waals surface area contributed by atoms with E-state index in [0.29, 0.717) is 18.8 Å². The van der Waals surface area contributed by atoms with E-state index < -0.39 is 12.1 Å². The first-order valence-electron chi connectivity index (χ1n) is 7.54. The minimum atomic E-state index is -1.12. The first-order chi connectivity index (χ1) is 11.6. The van der Waals surface area contributed by atoms with E-state index >= 15 is 0 Å². The predicted molar refractivity (Wildman–Crippen MR) is 82.2 cm³/mol. The molecule has 0 saturated carbocycles. The molecule has 24 heavy (non-hydrogen) atoms. The minimum Gasteiger partial charge on any atom is -0.494 e. The summed E-state index contributed by atoms with van der Waals surface area (Å²) in [5.41, 5.74) is 0.213. The largest absolute Gasteiger partial charge is 0.543 e. The maximum absolute atomic E-state index is 11.7. The molecule has 1 aromatic carbocycles. The van der Waals surface area contributed by atoms with Crippen LogP contribution in [0.25, 0.3) is 0 Å². The number of carbonyl (C=O) groups is 2. The molecule has 0 N–H and O–H groups in total. The third kappa shape index (κ3) is 7.80. The van der Waals surface area contributed by atoms with Gasteiger partial charge in [0, 0.05) is 13.5 Å². The van der Waals surface area contributed by atoms with E-state index in [2.05, 4.69) is 19.6 Å². The maximum Gasteiger partial charge on any atom is 0.543 e. The second-order valence-corrected chi connectivity index (χ2v) is 4.83. The summed E-state index contributed by atoms with van der Waals surface area (Å²) in [5.74, 6) is -0.183. The molecule has 134 valence electrons. The summed E-state index contributed by atoms with van der Waals surface area (Å²) in [4.78, 5) is 31.3. The van der Waals surface area contributed by atoms with Gasteiger partial charge in [-0.05, 0) is 37.6 Å². The van der Waals surface area contributed by atoms with Crippen molar-refractivity contribution < 1.29 is 38.6 Å². The number of hydrogen-bond acceptors (Lipinski definition) is 8. The molecule has 1 atom stereocenters. The Bertz CT molecular complexity index is 499. The average Bonchev–Trinajstić information content (AvgIpc) is 2.60. The zero-order valence-corrected chi connectivity index (χ0v) is 14.0. The molecule has 0 spiro atoms. The number of benzene rings is 1. The quantitative estimate of drug-likeness (QED) is 0.364. The second kappa shape index (κ2) is 11.3. The highest BCUT2D eigenvalue weighted by molar-refractivity contribution is 5.89. The second-order valence-electron chi connectivity index (χ2n) is 4.83. The Morgan fingerprint density at radius 1 is 1.08 bits per heavy atom. The zero-order valence-electron chi connectivity index (χ0n) is 14.0. The number of carbonyl (C=O) groups excluding carboxylic acids is 2. The van der Waals surface area contributed by atoms with Gasteiger partial charge in [0.2, 0.25) is 0 Å². The number of hydrogen-bond donors (Lipinski definition) is 0. The molecule has 1 rings (SSSR count). The molecule has 8 heteroatoms. The molecule has 0 aliphatic heterocycles. The van der Waals surface area contributed by atoms with E-state index in [-0.39, 0.29) is 18.3 Å². The lowest BCUT2D eigenvalue weighted by atomic mass is 10.2. The molecule has 0 saturated heterocycles. The highest BCUT2D eigenvalue weighted by atomic mass is 17.5. The first kappa shape index (κ1) is 19.7. The lowest BCUT2D eigenvalue weighted by Gasteiger charge is -2.08. The van der Waals surface area contributed by atoms with E-state index in [0.717, 1.165) is 6.42 Å². The van der Waals surface area contributed by atoms with Crippen molar-refractivity contribution in [1.82, 2.24) is 0 Å². The molecule has 0 fully saturated rings. The smallest absolute Gasteiger partial charge is 0.494 e. The monoisotopic (exact) mass is 342 g/mol. The van der Waals surface area contributed by atoms with Crippen LogP contribution < -0.4 is 4.74 Å². The summed E-state index contributed by atoms with van der Waals surface area (Å²) in [7, 11) is 1.55. The fourth-order valence-corrected chi connectivity index (χ4v) is 1.48. The molecule has 0 heterocycles. The van der Waals surface area contributed by atoms with Crippen LogP contribution in [0.1, 0.15) is 37.0 Å². The van der Waals surface area contributed by atoms with Crippen molar-refractivity contribution in [2.24, 2.45) is 0 Å². The van der Waals surface area contributed by atoms with Crippen LogP contribution in [0.4, 0.5) is 4.79 Å². The van der Waals surface area contributed by atoms with Crippen molar-refractivity contribution in [3.8, 4) is 5.75 Å². The zero-order chi connectivity index (χ0) is 17.8. The molecule has 0 aliphatic carbocycles. The molecule has 0 aliphatic rings. The first-order valence-corrected chi connectivity index (χ1v) is 7.54. The van der Waals surface area contributed by atoms with Gasteiger partial charge in [0.05, 0.1) is 29.9 Å². The summed E-state index contributed by atoms with van der Waals surface area (Å²) >= 11 is 0. The third-order valence-corrected chi connectivity index (χ3v) is 2.92. The Labute approximate surface area is 140 Å². The molecule has 1 unspecified atom stereocenters. The molecule has 1 aromatic rings. The molecule has 0 amide bonds. The predicted octanol–water partition coefficient (Wildman–Crippen LogP) is 3.06. The van der Waals surface area contributed by atoms with Gasteiger partial charge in [-0.1, -0.05) is 6.92 Å². The highest BCUT2D eigenvalue weighted by Crippen LogP contribution is 2.13. The average molecular weight is 342 g/mol. The minimum absolute atomic E-state index is 0.0548. The van der Waals surface area contributed by atoms with Crippen LogP contribution in [0.5, 0.6) is 5.75 Å². The van der Waals surface area contributed by atoms with Gasteiger partial charge in [0.25, 0.3) is 0 Å². The maximum atomic E-state index is 11.7. The van der Waals surface area contributed by atoms with Gasteiger partial charge in [-0.3, -0.25) is 4.89 Å². The highest BCUT2D eigenvalue weighted by Gasteiger charge is 2.12. The van der Waals surface area contributed by atoms with Crippen LogP contribution in [0, 0.1) is 0 Å². The van der Waals surface area contributed by atoms with Gasteiger partial charge in [-0.25, -0.2) is 14.5 Å². The Balaban J connectivity index is 2.24. The summed E-state index contributed by atoms with van der Waals surface area (Å²) in [6.45, 7) is 4.49. The van der Waals surface area contributed by atoms with Gasteiger partial charge in [-0.2, -0.15) is 0 Å². The van der Waals surface area contributed by atoms with Crippen LogP contribution in [0.2, 0.25) is 0 Å². The summed E-state index contributed by atoms with van der Waals surface area (Å²) in [6, 6.07) is 6.25. The number of rotatable bonds is 10. The van der Waals surface area contributed by atoms with E-state index in [9.17, 15) is 9.59 Å². The summed E-state index contributed by atoms with van der Waals surface area (Å²) in [6.07, 6.45) is 0.211. The van der Waals surface area contributed by atoms with Crippen molar-refractivity contribution in [2.45, 2.75) is 32.8 Å². The normalized spacial score (nSPS) is 11.5. The Morgan fingerprint density at radius 3 is 2.42 bits per heavy atom. The molecule has 0 radical (unpaired) electrons. The van der Waals surface area contributed by atoms with Crippen LogP contribution in [0.15, 0.2) is 24.3 Å². The van der Waals surface area contributed by atoms with E-state index in [1.807, 2.05) is 13.8 Å². The topological polar surface area (TPSA) is 89.5 Å². The molecule has 0 aromatic heterocycles. The Hall–Kier alpha value is -2.32. The van der Waals surface area contributed by atoms with E-state index in [1.54, 1.807) is 19.2 Å².